The third-order valence-corrected chi connectivity index (χ3v) is 4.87. The van der Waals surface area contributed by atoms with Crippen LogP contribution in [0.4, 0.5) is 5.82 Å². The number of halogens is 1. The van der Waals surface area contributed by atoms with E-state index in [1.807, 2.05) is 0 Å². The first-order valence-electron chi connectivity index (χ1n) is 7.62. The summed E-state index contributed by atoms with van der Waals surface area (Å²) < 4.78 is 35.9. The molecule has 23 heavy (non-hydrogen) atoms. The molecule has 1 aliphatic rings. The molecule has 126 valence electrons. The van der Waals surface area contributed by atoms with Gasteiger partial charge in [-0.15, -0.1) is 0 Å². The van der Waals surface area contributed by atoms with Crippen molar-refractivity contribution in [2.24, 2.45) is 5.92 Å². The van der Waals surface area contributed by atoms with E-state index in [0.29, 0.717) is 34.3 Å². The summed E-state index contributed by atoms with van der Waals surface area (Å²) in [5.74, 6) is 1.22. The van der Waals surface area contributed by atoms with Gasteiger partial charge in [0.05, 0.1) is 23.3 Å². The Balaban J connectivity index is 1.78. The van der Waals surface area contributed by atoms with Gasteiger partial charge in [0.25, 0.3) is 0 Å². The van der Waals surface area contributed by atoms with Crippen LogP contribution in [0.25, 0.3) is 11.0 Å². The molecule has 0 atom stereocenters. The molecule has 0 amide bonds. The molecule has 1 aromatic carbocycles. The fraction of sp³-hybridized carbons (Fsp3) is 0.533. The van der Waals surface area contributed by atoms with E-state index < -0.39 is 10.0 Å². The van der Waals surface area contributed by atoms with Crippen molar-refractivity contribution in [3.63, 3.8) is 0 Å². The Labute approximate surface area is 140 Å². The Hall–Kier alpha value is -1.47. The van der Waals surface area contributed by atoms with E-state index in [4.69, 9.17) is 20.9 Å². The van der Waals surface area contributed by atoms with Crippen molar-refractivity contribution in [1.29, 1.82) is 0 Å². The molecular weight excluding hydrogens is 340 g/mol. The van der Waals surface area contributed by atoms with Gasteiger partial charge in [0.15, 0.2) is 11.4 Å². The highest BCUT2D eigenvalue weighted by Gasteiger charge is 2.18. The monoisotopic (exact) mass is 358 g/mol. The molecule has 0 saturated heterocycles. The van der Waals surface area contributed by atoms with E-state index in [0.717, 1.165) is 6.26 Å². The van der Waals surface area contributed by atoms with E-state index in [1.54, 1.807) is 12.1 Å². The van der Waals surface area contributed by atoms with Crippen molar-refractivity contribution >= 4 is 38.4 Å². The van der Waals surface area contributed by atoms with Gasteiger partial charge >= 0.3 is 0 Å². The minimum atomic E-state index is -3.43. The lowest BCUT2D eigenvalue weighted by molar-refractivity contribution is 0.209. The highest BCUT2D eigenvalue weighted by Crippen LogP contribution is 2.34. The van der Waals surface area contributed by atoms with E-state index in [-0.39, 0.29) is 5.82 Å². The number of hydrogen-bond donors (Lipinski definition) is 1. The van der Waals surface area contributed by atoms with Crippen molar-refractivity contribution in [3.8, 4) is 5.75 Å². The number of benzene rings is 1. The highest BCUT2D eigenvalue weighted by atomic mass is 35.5. The topological polar surface area (TPSA) is 81.4 Å². The van der Waals surface area contributed by atoms with Crippen molar-refractivity contribution in [3.05, 3.63) is 17.2 Å². The predicted octanol–water partition coefficient (Wildman–Crippen LogP) is 3.81. The zero-order valence-corrected chi connectivity index (χ0v) is 14.4. The molecular formula is C15H19ClN2O4S. The highest BCUT2D eigenvalue weighted by molar-refractivity contribution is 7.92. The minimum absolute atomic E-state index is 0.128. The maximum absolute atomic E-state index is 11.3. The normalized spacial score (nSPS) is 16.6. The second-order valence-electron chi connectivity index (χ2n) is 6.00. The Morgan fingerprint density at radius 1 is 1.35 bits per heavy atom. The van der Waals surface area contributed by atoms with Gasteiger partial charge in [-0.3, -0.25) is 4.72 Å². The van der Waals surface area contributed by atoms with Gasteiger partial charge in [-0.25, -0.2) is 8.42 Å². The van der Waals surface area contributed by atoms with E-state index in [9.17, 15) is 8.42 Å². The first kappa shape index (κ1) is 16.4. The summed E-state index contributed by atoms with van der Waals surface area (Å²) >= 11 is 6.25. The molecule has 1 saturated carbocycles. The van der Waals surface area contributed by atoms with Crippen molar-refractivity contribution < 1.29 is 17.7 Å². The molecule has 2 aromatic rings. The summed E-state index contributed by atoms with van der Waals surface area (Å²) in [6.45, 7) is 0.633. The molecule has 1 fully saturated rings. The van der Waals surface area contributed by atoms with Crippen LogP contribution in [0, 0.1) is 5.92 Å². The number of sulfonamides is 1. The third-order valence-electron chi connectivity index (χ3n) is 4.01. The van der Waals surface area contributed by atoms with Crippen LogP contribution in [0.5, 0.6) is 5.75 Å². The van der Waals surface area contributed by atoms with Crippen LogP contribution in [0.2, 0.25) is 5.02 Å². The summed E-state index contributed by atoms with van der Waals surface area (Å²) in [4.78, 5) is 0. The maximum Gasteiger partial charge on any atom is 0.231 e. The van der Waals surface area contributed by atoms with Crippen molar-refractivity contribution in [1.82, 2.24) is 5.16 Å². The number of anilines is 1. The van der Waals surface area contributed by atoms with Gasteiger partial charge in [-0.05, 0) is 24.8 Å². The van der Waals surface area contributed by atoms with E-state index in [2.05, 4.69) is 9.88 Å². The van der Waals surface area contributed by atoms with Crippen LogP contribution in [-0.4, -0.2) is 26.4 Å². The third kappa shape index (κ3) is 4.09. The summed E-state index contributed by atoms with van der Waals surface area (Å²) in [6, 6.07) is 3.26. The average molecular weight is 359 g/mol. The van der Waals surface area contributed by atoms with Gasteiger partial charge in [0, 0.05) is 6.07 Å². The summed E-state index contributed by atoms with van der Waals surface area (Å²) in [7, 11) is -3.43. The molecule has 1 N–H and O–H groups in total. The standard InChI is InChI=1S/C15H19ClN2O4S/c1-23(19,20)18-15-11-7-12(16)14(8-13(11)22-17-15)21-9-10-5-3-2-4-6-10/h7-8,10H,2-6,9H2,1H3,(H,17,18). The van der Waals surface area contributed by atoms with Crippen molar-refractivity contribution in [2.45, 2.75) is 32.1 Å². The Morgan fingerprint density at radius 2 is 2.09 bits per heavy atom. The number of aromatic nitrogens is 1. The van der Waals surface area contributed by atoms with E-state index >= 15 is 0 Å². The number of hydrogen-bond acceptors (Lipinski definition) is 5. The fourth-order valence-electron chi connectivity index (χ4n) is 2.86. The summed E-state index contributed by atoms with van der Waals surface area (Å²) in [5.41, 5.74) is 0.430. The number of fused-ring (bicyclic) bond motifs is 1. The van der Waals surface area contributed by atoms with Crippen LogP contribution >= 0.6 is 11.6 Å². The minimum Gasteiger partial charge on any atom is -0.492 e. The quantitative estimate of drug-likeness (QED) is 0.878. The molecule has 1 aliphatic carbocycles. The lowest BCUT2D eigenvalue weighted by Crippen LogP contribution is -2.15. The molecule has 0 aliphatic heterocycles. The molecule has 8 heteroatoms. The predicted molar refractivity (Wildman–Crippen MR) is 89.6 cm³/mol. The first-order chi connectivity index (χ1) is 10.9. The molecule has 0 bridgehead atoms. The summed E-state index contributed by atoms with van der Waals surface area (Å²) in [5, 5.41) is 4.65. The zero-order chi connectivity index (χ0) is 16.4. The van der Waals surface area contributed by atoms with Gasteiger partial charge < -0.3 is 9.26 Å². The Bertz CT molecular complexity index is 797. The number of rotatable bonds is 5. The lowest BCUT2D eigenvalue weighted by atomic mass is 9.90. The van der Waals surface area contributed by atoms with Gasteiger partial charge in [0.1, 0.15) is 5.75 Å². The average Bonchev–Trinajstić information content (AvgIpc) is 2.86. The van der Waals surface area contributed by atoms with Gasteiger partial charge in [0.2, 0.25) is 10.0 Å². The molecule has 0 radical (unpaired) electrons. The van der Waals surface area contributed by atoms with Crippen molar-refractivity contribution in [2.75, 3.05) is 17.6 Å². The summed E-state index contributed by atoms with van der Waals surface area (Å²) in [6.07, 6.45) is 7.23. The molecule has 0 unspecified atom stereocenters. The Morgan fingerprint density at radius 3 is 2.78 bits per heavy atom. The van der Waals surface area contributed by atoms with Crippen LogP contribution in [0.3, 0.4) is 0 Å². The largest absolute Gasteiger partial charge is 0.492 e. The second kappa shape index (κ2) is 6.57. The number of nitrogens with one attached hydrogen (secondary N) is 1. The maximum atomic E-state index is 11.3. The number of nitrogens with zero attached hydrogens (tertiary/aromatic N) is 1. The van der Waals surface area contributed by atoms with Crippen LogP contribution in [0.1, 0.15) is 32.1 Å². The van der Waals surface area contributed by atoms with Crippen LogP contribution in [-0.2, 0) is 10.0 Å². The second-order valence-corrected chi connectivity index (χ2v) is 8.15. The van der Waals surface area contributed by atoms with E-state index in [1.165, 1.54) is 32.1 Å². The number of ether oxygens (including phenoxy) is 1. The molecule has 6 nitrogen and oxygen atoms in total. The fourth-order valence-corrected chi connectivity index (χ4v) is 3.58. The van der Waals surface area contributed by atoms with Gasteiger partial charge in [-0.2, -0.15) is 0 Å². The van der Waals surface area contributed by atoms with Crippen LogP contribution < -0.4 is 9.46 Å². The van der Waals surface area contributed by atoms with Gasteiger partial charge in [-0.1, -0.05) is 36.0 Å². The molecule has 3 rings (SSSR count). The molecule has 0 spiro atoms. The Kier molecular flexibility index (Phi) is 4.68. The molecule has 1 aromatic heterocycles. The smallest absolute Gasteiger partial charge is 0.231 e. The molecule has 1 heterocycles. The lowest BCUT2D eigenvalue weighted by Gasteiger charge is -2.21. The van der Waals surface area contributed by atoms with Crippen LogP contribution in [0.15, 0.2) is 16.7 Å². The SMILES string of the molecule is CS(=O)(=O)Nc1noc2cc(OCC3CCCCC3)c(Cl)cc12. The first-order valence-corrected chi connectivity index (χ1v) is 9.89. The zero-order valence-electron chi connectivity index (χ0n) is 12.8.